The smallest absolute Gasteiger partial charge is 0.254 e. The molecule has 0 spiro atoms. The lowest BCUT2D eigenvalue weighted by molar-refractivity contribution is 0.0655. The van der Waals surface area contributed by atoms with Crippen LogP contribution in [0.1, 0.15) is 43.0 Å². The van der Waals surface area contributed by atoms with Gasteiger partial charge < -0.3 is 15.0 Å². The number of benzene rings is 1. The molecule has 1 aromatic carbocycles. The molecule has 1 aliphatic carbocycles. The van der Waals surface area contributed by atoms with E-state index in [-0.39, 0.29) is 28.6 Å². The normalized spacial score (nSPS) is 21.8. The van der Waals surface area contributed by atoms with Crippen molar-refractivity contribution in [3.05, 3.63) is 23.8 Å². The average Bonchev–Trinajstić information content (AvgIpc) is 3.13. The maximum atomic E-state index is 12.9. The van der Waals surface area contributed by atoms with Gasteiger partial charge in [-0.05, 0) is 38.0 Å². The van der Waals surface area contributed by atoms with Gasteiger partial charge in [0.1, 0.15) is 10.6 Å². The number of amides is 1. The van der Waals surface area contributed by atoms with Crippen LogP contribution in [0.3, 0.4) is 0 Å². The van der Waals surface area contributed by atoms with Gasteiger partial charge in [-0.15, -0.1) is 0 Å². The largest absolute Gasteiger partial charge is 0.495 e. The van der Waals surface area contributed by atoms with Crippen molar-refractivity contribution in [1.29, 1.82) is 0 Å². The molecule has 1 atom stereocenters. The highest BCUT2D eigenvalue weighted by molar-refractivity contribution is 7.89. The fourth-order valence-corrected chi connectivity index (χ4v) is 5.15. The summed E-state index contributed by atoms with van der Waals surface area (Å²) in [5.74, 6) is 0.0966. The third kappa shape index (κ3) is 4.02. The number of nitrogens with one attached hydrogen (secondary N) is 2. The van der Waals surface area contributed by atoms with Gasteiger partial charge in [-0.3, -0.25) is 4.79 Å². The van der Waals surface area contributed by atoms with Gasteiger partial charge in [0.05, 0.1) is 7.11 Å². The number of methoxy groups -OCH3 is 1. The van der Waals surface area contributed by atoms with Crippen LogP contribution in [0.5, 0.6) is 5.75 Å². The third-order valence-corrected chi connectivity index (χ3v) is 6.68. The van der Waals surface area contributed by atoms with E-state index in [1.54, 1.807) is 17.0 Å². The van der Waals surface area contributed by atoms with Crippen LogP contribution < -0.4 is 14.8 Å². The molecule has 144 valence electrons. The van der Waals surface area contributed by atoms with Crippen LogP contribution in [0, 0.1) is 0 Å². The molecule has 0 aromatic heterocycles. The summed E-state index contributed by atoms with van der Waals surface area (Å²) in [5, 5.41) is 3.25. The number of piperazine rings is 1. The van der Waals surface area contributed by atoms with Gasteiger partial charge in [-0.1, -0.05) is 12.8 Å². The van der Waals surface area contributed by atoms with Crippen LogP contribution in [0.15, 0.2) is 23.1 Å². The molecule has 1 amide bonds. The fourth-order valence-electron chi connectivity index (χ4n) is 3.65. The summed E-state index contributed by atoms with van der Waals surface area (Å²) < 4.78 is 33.7. The number of carbonyl (C=O) groups excluding carboxylic acids is 1. The van der Waals surface area contributed by atoms with Crippen molar-refractivity contribution < 1.29 is 17.9 Å². The van der Waals surface area contributed by atoms with Crippen molar-refractivity contribution >= 4 is 15.9 Å². The molecule has 2 fully saturated rings. The molecule has 8 heteroatoms. The topological polar surface area (TPSA) is 87.7 Å². The Kier molecular flexibility index (Phi) is 5.84. The standard InChI is InChI=1S/C18H27N3O4S/c1-13-12-19-9-10-21(13)18(22)14-7-8-16(25-2)17(11-14)26(23,24)20-15-5-3-4-6-15/h7-8,11,13,15,19-20H,3-6,9-10,12H2,1-2H3/t13-/m0/s1. The summed E-state index contributed by atoms with van der Waals surface area (Å²) in [7, 11) is -2.31. The molecule has 2 aliphatic rings. The van der Waals surface area contributed by atoms with Crippen LogP contribution in [0.4, 0.5) is 0 Å². The Labute approximate surface area is 155 Å². The molecular weight excluding hydrogens is 354 g/mol. The first-order valence-electron chi connectivity index (χ1n) is 9.14. The van der Waals surface area contributed by atoms with Gasteiger partial charge in [-0.2, -0.15) is 0 Å². The Bertz CT molecular complexity index is 760. The Morgan fingerprint density at radius 1 is 1.31 bits per heavy atom. The Balaban J connectivity index is 1.89. The number of rotatable bonds is 5. The molecule has 2 N–H and O–H groups in total. The van der Waals surface area contributed by atoms with E-state index in [9.17, 15) is 13.2 Å². The summed E-state index contributed by atoms with van der Waals surface area (Å²) in [6.07, 6.45) is 3.75. The van der Waals surface area contributed by atoms with Gasteiger partial charge in [0, 0.05) is 37.3 Å². The molecular formula is C18H27N3O4S. The van der Waals surface area contributed by atoms with Gasteiger partial charge >= 0.3 is 0 Å². The van der Waals surface area contributed by atoms with Crippen molar-refractivity contribution in [2.24, 2.45) is 0 Å². The van der Waals surface area contributed by atoms with Crippen molar-refractivity contribution in [1.82, 2.24) is 14.9 Å². The quantitative estimate of drug-likeness (QED) is 0.804. The van der Waals surface area contributed by atoms with Crippen LogP contribution in [-0.2, 0) is 10.0 Å². The lowest BCUT2D eigenvalue weighted by Gasteiger charge is -2.34. The number of hydrogen-bond acceptors (Lipinski definition) is 5. The van der Waals surface area contributed by atoms with Crippen molar-refractivity contribution in [3.8, 4) is 5.75 Å². The van der Waals surface area contributed by atoms with Crippen LogP contribution >= 0.6 is 0 Å². The Morgan fingerprint density at radius 3 is 2.69 bits per heavy atom. The van der Waals surface area contributed by atoms with E-state index >= 15 is 0 Å². The zero-order chi connectivity index (χ0) is 18.7. The minimum atomic E-state index is -3.74. The number of hydrogen-bond donors (Lipinski definition) is 2. The monoisotopic (exact) mass is 381 g/mol. The number of nitrogens with zero attached hydrogens (tertiary/aromatic N) is 1. The zero-order valence-corrected chi connectivity index (χ0v) is 16.1. The number of sulfonamides is 1. The molecule has 3 rings (SSSR count). The summed E-state index contributed by atoms with van der Waals surface area (Å²) in [5.41, 5.74) is 0.367. The second-order valence-electron chi connectivity index (χ2n) is 7.02. The van der Waals surface area contributed by atoms with E-state index in [1.165, 1.54) is 13.2 Å². The van der Waals surface area contributed by atoms with Crippen LogP contribution in [0.2, 0.25) is 0 Å². The maximum absolute atomic E-state index is 12.9. The molecule has 1 saturated heterocycles. The minimum absolute atomic E-state index is 0.0283. The molecule has 0 unspecified atom stereocenters. The molecule has 7 nitrogen and oxygen atoms in total. The SMILES string of the molecule is COc1ccc(C(=O)N2CCNC[C@@H]2C)cc1S(=O)(=O)NC1CCCC1. The molecule has 1 saturated carbocycles. The summed E-state index contributed by atoms with van der Waals surface area (Å²) in [4.78, 5) is 14.7. The predicted octanol–water partition coefficient (Wildman–Crippen LogP) is 1.35. The molecule has 1 aliphatic heterocycles. The summed E-state index contributed by atoms with van der Waals surface area (Å²) >= 11 is 0. The molecule has 1 heterocycles. The molecule has 1 aromatic rings. The van der Waals surface area contributed by atoms with E-state index in [0.717, 1.165) is 38.8 Å². The lowest BCUT2D eigenvalue weighted by Crippen LogP contribution is -2.52. The van der Waals surface area contributed by atoms with E-state index in [0.29, 0.717) is 12.1 Å². The number of ether oxygens (including phenoxy) is 1. The third-order valence-electron chi connectivity index (χ3n) is 5.14. The van der Waals surface area contributed by atoms with Gasteiger partial charge in [0.25, 0.3) is 5.91 Å². The molecule has 0 radical (unpaired) electrons. The second kappa shape index (κ2) is 7.94. The van der Waals surface area contributed by atoms with E-state index in [2.05, 4.69) is 10.0 Å². The fraction of sp³-hybridized carbons (Fsp3) is 0.611. The zero-order valence-electron chi connectivity index (χ0n) is 15.3. The molecule has 26 heavy (non-hydrogen) atoms. The molecule has 0 bridgehead atoms. The van der Waals surface area contributed by atoms with Crippen LogP contribution in [-0.4, -0.2) is 58.1 Å². The maximum Gasteiger partial charge on any atom is 0.254 e. The minimum Gasteiger partial charge on any atom is -0.495 e. The number of carbonyl (C=O) groups is 1. The van der Waals surface area contributed by atoms with Crippen molar-refractivity contribution in [2.45, 2.75) is 49.6 Å². The highest BCUT2D eigenvalue weighted by atomic mass is 32.2. The average molecular weight is 381 g/mol. The first kappa shape index (κ1) is 19.1. The highest BCUT2D eigenvalue weighted by Gasteiger charge is 2.29. The summed E-state index contributed by atoms with van der Waals surface area (Å²) in [6, 6.07) is 4.65. The van der Waals surface area contributed by atoms with Gasteiger partial charge in [0.2, 0.25) is 10.0 Å². The van der Waals surface area contributed by atoms with Crippen LogP contribution in [0.25, 0.3) is 0 Å². The van der Waals surface area contributed by atoms with Gasteiger partial charge in [-0.25, -0.2) is 13.1 Å². The van der Waals surface area contributed by atoms with Crippen molar-refractivity contribution in [2.75, 3.05) is 26.7 Å². The Hall–Kier alpha value is -1.64. The highest BCUT2D eigenvalue weighted by Crippen LogP contribution is 2.28. The second-order valence-corrected chi connectivity index (χ2v) is 8.70. The van der Waals surface area contributed by atoms with E-state index in [4.69, 9.17) is 4.74 Å². The lowest BCUT2D eigenvalue weighted by atomic mass is 10.1. The van der Waals surface area contributed by atoms with E-state index < -0.39 is 10.0 Å². The Morgan fingerprint density at radius 2 is 2.04 bits per heavy atom. The van der Waals surface area contributed by atoms with E-state index in [1.807, 2.05) is 6.92 Å². The predicted molar refractivity (Wildman–Crippen MR) is 98.9 cm³/mol. The first-order chi connectivity index (χ1) is 12.4. The van der Waals surface area contributed by atoms with Crippen molar-refractivity contribution in [3.63, 3.8) is 0 Å². The first-order valence-corrected chi connectivity index (χ1v) is 10.6. The summed E-state index contributed by atoms with van der Waals surface area (Å²) in [6.45, 7) is 4.05. The van der Waals surface area contributed by atoms with Gasteiger partial charge in [0.15, 0.2) is 0 Å².